The average Bonchev–Trinajstić information content (AvgIpc) is 3.57. The number of carbonyl (C=O) groups is 3. The molecular weight excluding hydrogens is 492 g/mol. The summed E-state index contributed by atoms with van der Waals surface area (Å²) in [5, 5.41) is 2.79. The molecule has 2 aliphatic rings. The van der Waals surface area contributed by atoms with Crippen molar-refractivity contribution in [2.75, 3.05) is 38.2 Å². The maximum Gasteiger partial charge on any atom is 0.339 e. The van der Waals surface area contributed by atoms with E-state index in [1.165, 1.54) is 46.9 Å². The molecule has 34 heavy (non-hydrogen) atoms. The Morgan fingerprint density at radius 1 is 1.26 bits per heavy atom. The Labute approximate surface area is 211 Å². The molecule has 0 N–H and O–H groups in total. The molecule has 0 radical (unpaired) electrons. The molecule has 0 saturated carbocycles. The predicted molar refractivity (Wildman–Crippen MR) is 134 cm³/mol. The third kappa shape index (κ3) is 5.31. The second-order valence-corrected chi connectivity index (χ2v) is 10.9. The summed E-state index contributed by atoms with van der Waals surface area (Å²) in [5.74, 6) is 0.928. The monoisotopic (exact) mass is 518 g/mol. The fourth-order valence-corrected chi connectivity index (χ4v) is 6.83. The molecule has 2 amide bonds. The number of hydrogen-bond donors (Lipinski definition) is 0. The van der Waals surface area contributed by atoms with Crippen molar-refractivity contribution < 1.29 is 19.1 Å². The molecule has 0 aliphatic carbocycles. The number of likely N-dealkylation sites (tertiary alicyclic amines) is 1. The van der Waals surface area contributed by atoms with Crippen LogP contribution >= 0.6 is 34.9 Å². The third-order valence-electron chi connectivity index (χ3n) is 5.77. The van der Waals surface area contributed by atoms with Crippen LogP contribution in [0.5, 0.6) is 0 Å². The molecule has 2 aliphatic heterocycles. The van der Waals surface area contributed by atoms with Crippen molar-refractivity contribution in [2.45, 2.75) is 29.2 Å². The van der Waals surface area contributed by atoms with Crippen molar-refractivity contribution in [1.82, 2.24) is 19.8 Å². The van der Waals surface area contributed by atoms with Crippen LogP contribution < -0.4 is 0 Å². The van der Waals surface area contributed by atoms with Gasteiger partial charge in [-0.3, -0.25) is 9.59 Å². The fraction of sp³-hybridized carbons (Fsp3) is 0.435. The van der Waals surface area contributed by atoms with E-state index < -0.39 is 11.3 Å². The topological polar surface area (TPSA) is 92.7 Å². The van der Waals surface area contributed by atoms with Crippen molar-refractivity contribution in [3.8, 4) is 0 Å². The number of esters is 1. The lowest BCUT2D eigenvalue weighted by atomic mass is 9.97. The first kappa shape index (κ1) is 24.7. The van der Waals surface area contributed by atoms with Crippen LogP contribution in [-0.2, 0) is 9.53 Å². The van der Waals surface area contributed by atoms with Gasteiger partial charge < -0.3 is 14.5 Å². The van der Waals surface area contributed by atoms with Gasteiger partial charge >= 0.3 is 5.97 Å². The minimum Gasteiger partial charge on any atom is -0.467 e. The summed E-state index contributed by atoms with van der Waals surface area (Å²) in [5.41, 5.74) is 0.993. The number of piperidine rings is 1. The normalized spacial score (nSPS) is 18.7. The number of methoxy groups -OCH3 is 1. The highest BCUT2D eigenvalue weighted by Gasteiger charge is 2.37. The van der Waals surface area contributed by atoms with Gasteiger partial charge in [-0.15, -0.1) is 41.4 Å². The molecule has 8 nitrogen and oxygen atoms in total. The van der Waals surface area contributed by atoms with Crippen LogP contribution in [0.2, 0.25) is 0 Å². The van der Waals surface area contributed by atoms with E-state index in [1.807, 2.05) is 11.0 Å². The average molecular weight is 519 g/mol. The number of amides is 2. The van der Waals surface area contributed by atoms with Crippen LogP contribution in [0.1, 0.15) is 44.6 Å². The Morgan fingerprint density at radius 2 is 2.06 bits per heavy atom. The van der Waals surface area contributed by atoms with Gasteiger partial charge in [0, 0.05) is 48.6 Å². The fourth-order valence-electron chi connectivity index (χ4n) is 4.00. The van der Waals surface area contributed by atoms with E-state index in [2.05, 4.69) is 16.5 Å². The van der Waals surface area contributed by atoms with Crippen LogP contribution in [0.25, 0.3) is 0 Å². The van der Waals surface area contributed by atoms with Crippen molar-refractivity contribution in [3.05, 3.63) is 52.6 Å². The quantitative estimate of drug-likeness (QED) is 0.312. The number of ether oxygens (including phenoxy) is 1. The Morgan fingerprint density at radius 3 is 2.79 bits per heavy atom. The molecule has 0 spiro atoms. The zero-order valence-corrected chi connectivity index (χ0v) is 21.3. The van der Waals surface area contributed by atoms with Gasteiger partial charge in [0.15, 0.2) is 5.37 Å². The van der Waals surface area contributed by atoms with Gasteiger partial charge in [0.1, 0.15) is 10.7 Å². The van der Waals surface area contributed by atoms with Crippen LogP contribution in [0.15, 0.2) is 41.4 Å². The summed E-state index contributed by atoms with van der Waals surface area (Å²) >= 11 is 4.38. The molecule has 1 unspecified atom stereocenters. The summed E-state index contributed by atoms with van der Waals surface area (Å²) in [6, 6.07) is 3.61. The van der Waals surface area contributed by atoms with Crippen molar-refractivity contribution in [2.24, 2.45) is 0 Å². The highest BCUT2D eigenvalue weighted by molar-refractivity contribution is 8.00. The predicted octanol–water partition coefficient (Wildman–Crippen LogP) is 3.52. The van der Waals surface area contributed by atoms with Gasteiger partial charge in [0.2, 0.25) is 0 Å². The van der Waals surface area contributed by atoms with Crippen molar-refractivity contribution in [1.29, 1.82) is 0 Å². The largest absolute Gasteiger partial charge is 0.467 e. The van der Waals surface area contributed by atoms with Gasteiger partial charge in [-0.2, -0.15) is 0 Å². The minimum atomic E-state index is -0.612. The van der Waals surface area contributed by atoms with Crippen LogP contribution in [0.4, 0.5) is 0 Å². The summed E-state index contributed by atoms with van der Waals surface area (Å²) in [6.07, 6.45) is 5.06. The second-order valence-electron chi connectivity index (χ2n) is 7.84. The Bertz CT molecular complexity index is 1070. The zero-order chi connectivity index (χ0) is 24.1. The Balaban J connectivity index is 1.37. The summed E-state index contributed by atoms with van der Waals surface area (Å²) in [7, 11) is 1.33. The first-order valence-corrected chi connectivity index (χ1v) is 13.9. The van der Waals surface area contributed by atoms with E-state index in [-0.39, 0.29) is 17.7 Å². The standard InChI is InChI=1S/C23H26N4O4S3/c1-3-12-32-19-16(5-4-8-24-19)20(28)26-9-6-15(7-10-26)18-25-17(14-34-18)21(29)27-11-13-33-22(27)23(30)31-2/h3-5,8,14-15,22H,1,6-7,9-13H2,2H3. The lowest BCUT2D eigenvalue weighted by molar-refractivity contribution is -0.142. The number of aromatic nitrogens is 2. The smallest absolute Gasteiger partial charge is 0.339 e. The van der Waals surface area contributed by atoms with Crippen LogP contribution in [0.3, 0.4) is 0 Å². The van der Waals surface area contributed by atoms with Crippen LogP contribution in [-0.4, -0.2) is 81.2 Å². The molecule has 4 rings (SSSR count). The molecule has 11 heteroatoms. The molecular formula is C23H26N4O4S3. The van der Waals surface area contributed by atoms with E-state index in [0.717, 1.165) is 22.9 Å². The maximum atomic E-state index is 13.1. The summed E-state index contributed by atoms with van der Waals surface area (Å²) < 4.78 is 4.83. The molecule has 2 aromatic rings. The highest BCUT2D eigenvalue weighted by Crippen LogP contribution is 2.33. The minimum absolute atomic E-state index is 0.00602. The summed E-state index contributed by atoms with van der Waals surface area (Å²) in [4.78, 5) is 50.4. The van der Waals surface area contributed by atoms with E-state index in [0.29, 0.717) is 42.4 Å². The van der Waals surface area contributed by atoms with Crippen molar-refractivity contribution in [3.63, 3.8) is 0 Å². The van der Waals surface area contributed by atoms with Gasteiger partial charge in [-0.05, 0) is 25.0 Å². The molecule has 0 bridgehead atoms. The summed E-state index contributed by atoms with van der Waals surface area (Å²) in [6.45, 7) is 5.48. The van der Waals surface area contributed by atoms with E-state index >= 15 is 0 Å². The van der Waals surface area contributed by atoms with Gasteiger partial charge in [-0.1, -0.05) is 6.08 Å². The Kier molecular flexibility index (Phi) is 8.28. The first-order valence-electron chi connectivity index (χ1n) is 11.0. The molecule has 2 fully saturated rings. The van der Waals surface area contributed by atoms with Crippen molar-refractivity contribution >= 4 is 52.6 Å². The number of thioether (sulfide) groups is 2. The molecule has 2 saturated heterocycles. The third-order valence-corrected chi connectivity index (χ3v) is 8.96. The Hall–Kier alpha value is -2.37. The van der Waals surface area contributed by atoms with E-state index in [4.69, 9.17) is 4.74 Å². The van der Waals surface area contributed by atoms with Gasteiger partial charge in [-0.25, -0.2) is 14.8 Å². The number of thiazole rings is 1. The van der Waals surface area contributed by atoms with Gasteiger partial charge in [0.25, 0.3) is 11.8 Å². The molecule has 180 valence electrons. The maximum absolute atomic E-state index is 13.1. The first-order chi connectivity index (χ1) is 16.5. The van der Waals surface area contributed by atoms with E-state index in [9.17, 15) is 14.4 Å². The molecule has 2 aromatic heterocycles. The molecule has 1 atom stereocenters. The number of pyridine rings is 1. The van der Waals surface area contributed by atoms with Gasteiger partial charge in [0.05, 0.1) is 17.7 Å². The molecule has 4 heterocycles. The number of hydrogen-bond acceptors (Lipinski definition) is 9. The zero-order valence-electron chi connectivity index (χ0n) is 18.8. The second kappa shape index (κ2) is 11.4. The lowest BCUT2D eigenvalue weighted by Gasteiger charge is -2.31. The molecule has 0 aromatic carbocycles. The lowest BCUT2D eigenvalue weighted by Crippen LogP contribution is -2.40. The SMILES string of the molecule is C=CCSc1ncccc1C(=O)N1CCC(c2nc(C(=O)N3CCSC3C(=O)OC)cs2)CC1. The number of rotatable bonds is 7. The number of nitrogens with zero attached hydrogens (tertiary/aromatic N) is 4. The highest BCUT2D eigenvalue weighted by atomic mass is 32.2. The van der Waals surface area contributed by atoms with Crippen LogP contribution in [0, 0.1) is 0 Å². The van der Waals surface area contributed by atoms with E-state index in [1.54, 1.807) is 23.7 Å². The number of carbonyl (C=O) groups excluding carboxylic acids is 3.